The Morgan fingerprint density at radius 2 is 0.911 bits per heavy atom. The summed E-state index contributed by atoms with van der Waals surface area (Å²) in [6, 6.07) is 65.7. The maximum Gasteiger partial charge on any atom is 0.488 e. The maximum atomic E-state index is 14.9. The molecule has 0 unspecified atom stereocenters. The van der Waals surface area contributed by atoms with E-state index in [1.807, 2.05) is 107 Å². The molecule has 0 saturated carbocycles. The molecular formula is C111H138BBrN6O16. The number of benzene rings is 10. The standard InChI is InChI=1S/C54H68N6O7.C19H22O2.C18H20O2.C10H15BO2.C9H9BrO2.CH4O/c1-33(32-58)25-47(62)45-29-36-10-18-49(66-23-21-56)43(28-36)44-30-39(14-19-50(44)67-24-22-57)51(48(63)27-35(3)52(64)59-45)60(7)53(65)40(9-8-20-55)31-46(61)42-17-13-38(26-34(42)2)37-11-15-41(16-12-37)54(4,5)6;1-13-12-15(8-11-17(13)18(20)21-5)14-6-9-16(10-7-14)19(2,3)4;1-12-11-14(7-10-16(12)17(19)20)13-5-8-15(9-6-13)18(2,3)4;1-10(2,3)8-4-6-9(7-5-8)11(12)13;1-6-5-7(10)3-4-8(6)9(11)12-2;1-2/h10-19,26,28,30,33,35,40,45,51H,8-9,20-25,27,29,31,55-57H2,1-7H3,(H,59,64);6-12H,1-5H3;5-11H,1-4H3,(H,19,20);4-7,12-13H,1-3H3;3-5H,1-2H3;2H,1H3/t33-,35+,40+,45-,51-;;;;;/m0...../s1. The number of ketones is 3. The second-order valence-corrected chi connectivity index (χ2v) is 39.0. The minimum atomic E-state index is -1.37. The number of nitrogens with zero attached hydrogens (tertiary/aromatic N) is 2. The molecule has 24 heteroatoms. The van der Waals surface area contributed by atoms with E-state index in [9.17, 15) is 43.6 Å². The number of fused-ring (bicyclic) bond motifs is 5. The minimum Gasteiger partial charge on any atom is -0.492 e. The molecule has 0 aliphatic carbocycles. The van der Waals surface area contributed by atoms with E-state index in [1.165, 1.54) is 41.4 Å². The molecule has 4 bridgehead atoms. The average molecular weight is 1900 g/mol. The summed E-state index contributed by atoms with van der Waals surface area (Å²) in [5, 5.41) is 46.2. The first-order valence-corrected chi connectivity index (χ1v) is 46.3. The van der Waals surface area contributed by atoms with Crippen molar-refractivity contribution in [3.8, 4) is 62.1 Å². The lowest BCUT2D eigenvalue weighted by atomic mass is 9.78. The first-order valence-electron chi connectivity index (χ1n) is 45.5. The van der Waals surface area contributed by atoms with Crippen LogP contribution in [-0.4, -0.2) is 147 Å². The number of aromatic carboxylic acids is 1. The van der Waals surface area contributed by atoms with Crippen LogP contribution in [0.2, 0.25) is 0 Å². The molecular weight excluding hydrogens is 1760 g/mol. The molecule has 135 heavy (non-hydrogen) atoms. The molecule has 11 N–H and O–H groups in total. The zero-order chi connectivity index (χ0) is 101. The topological polar surface area (TPSA) is 372 Å². The number of carbonyl (C=O) groups is 8. The summed E-state index contributed by atoms with van der Waals surface area (Å²) in [7, 11) is 3.96. The van der Waals surface area contributed by atoms with Crippen LogP contribution in [-0.2, 0) is 56.7 Å². The number of nitrogens with one attached hydrogen (secondary N) is 1. The van der Waals surface area contributed by atoms with Gasteiger partial charge in [-0.05, 0) is 231 Å². The van der Waals surface area contributed by atoms with Crippen molar-refractivity contribution in [3.63, 3.8) is 0 Å². The Kier molecular flexibility index (Phi) is 42.7. The number of carboxylic acid groups (broad SMARTS) is 1. The molecule has 10 aromatic rings. The number of amides is 2. The van der Waals surface area contributed by atoms with Crippen LogP contribution in [0.25, 0.3) is 44.5 Å². The number of likely N-dealkylation sites (N-methyl/N-ethyl adjacent to an activating group) is 1. The Hall–Kier alpha value is -12.0. The van der Waals surface area contributed by atoms with Gasteiger partial charge in [0.2, 0.25) is 11.8 Å². The summed E-state index contributed by atoms with van der Waals surface area (Å²) in [5.74, 6) is -4.82. The van der Waals surface area contributed by atoms with Gasteiger partial charge in [-0.3, -0.25) is 24.0 Å². The monoisotopic (exact) mass is 1900 g/mol. The van der Waals surface area contributed by atoms with Crippen LogP contribution in [0.4, 0.5) is 0 Å². The summed E-state index contributed by atoms with van der Waals surface area (Å²) >= 11 is 3.32. The van der Waals surface area contributed by atoms with Crippen molar-refractivity contribution >= 4 is 75.6 Å². The Morgan fingerprint density at radius 3 is 1.30 bits per heavy atom. The van der Waals surface area contributed by atoms with Gasteiger partial charge in [-0.2, -0.15) is 5.26 Å². The average Bonchev–Trinajstić information content (AvgIpc) is 0.771. The number of esters is 2. The third-order valence-corrected chi connectivity index (χ3v) is 23.8. The Bertz CT molecular complexity index is 5730. The van der Waals surface area contributed by atoms with Gasteiger partial charge in [0, 0.05) is 79.5 Å². The smallest absolute Gasteiger partial charge is 0.488 e. The highest BCUT2D eigenvalue weighted by Gasteiger charge is 2.37. The predicted molar refractivity (Wildman–Crippen MR) is 544 cm³/mol. The molecule has 10 aromatic carbocycles. The van der Waals surface area contributed by atoms with Crippen LogP contribution in [0.1, 0.15) is 232 Å². The van der Waals surface area contributed by atoms with E-state index >= 15 is 0 Å². The summed E-state index contributed by atoms with van der Waals surface area (Å²) in [5.41, 5.74) is 37.9. The number of nitrogens with two attached hydrogens (primary N) is 3. The van der Waals surface area contributed by atoms with Crippen LogP contribution in [0, 0.1) is 56.8 Å². The highest BCUT2D eigenvalue weighted by Crippen LogP contribution is 2.42. The molecule has 0 radical (unpaired) electrons. The summed E-state index contributed by atoms with van der Waals surface area (Å²) in [4.78, 5) is 107. The Labute approximate surface area is 807 Å². The molecule has 0 saturated heterocycles. The minimum absolute atomic E-state index is 0.0139. The second-order valence-electron chi connectivity index (χ2n) is 38.1. The molecule has 1 heterocycles. The van der Waals surface area contributed by atoms with Gasteiger partial charge in [-0.15, -0.1) is 0 Å². The maximum absolute atomic E-state index is 14.9. The van der Waals surface area contributed by atoms with Gasteiger partial charge < -0.3 is 66.6 Å². The fraction of sp³-hybridized carbons (Fsp3) is 0.378. The number of hydrogen-bond donors (Lipinski definition) is 8. The molecule has 0 aromatic heterocycles. The molecule has 0 fully saturated rings. The van der Waals surface area contributed by atoms with Gasteiger partial charge in [0.1, 0.15) is 30.8 Å². The Morgan fingerprint density at radius 1 is 0.519 bits per heavy atom. The molecule has 0 spiro atoms. The van der Waals surface area contributed by atoms with Crippen molar-refractivity contribution < 1.29 is 77.6 Å². The van der Waals surface area contributed by atoms with E-state index < -0.39 is 60.5 Å². The lowest BCUT2D eigenvalue weighted by molar-refractivity contribution is -0.142. The molecule has 5 atom stereocenters. The van der Waals surface area contributed by atoms with Crippen molar-refractivity contribution in [3.05, 3.63) is 289 Å². The van der Waals surface area contributed by atoms with Crippen LogP contribution in [0.3, 0.4) is 0 Å². The van der Waals surface area contributed by atoms with Crippen LogP contribution < -0.4 is 37.5 Å². The van der Waals surface area contributed by atoms with E-state index in [0.29, 0.717) is 80.9 Å². The van der Waals surface area contributed by atoms with Gasteiger partial charge in [0.25, 0.3) is 0 Å². The van der Waals surface area contributed by atoms with Gasteiger partial charge in [0.15, 0.2) is 17.3 Å². The molecule has 718 valence electrons. The van der Waals surface area contributed by atoms with Gasteiger partial charge in [0.05, 0.1) is 48.9 Å². The fourth-order valence-electron chi connectivity index (χ4n) is 15.3. The molecule has 22 nitrogen and oxygen atoms in total. The van der Waals surface area contributed by atoms with Crippen molar-refractivity contribution in [1.82, 2.24) is 10.2 Å². The number of rotatable bonds is 24. The van der Waals surface area contributed by atoms with E-state index in [2.05, 4.69) is 188 Å². The quantitative estimate of drug-likeness (QED) is 0.0158. The predicted octanol–water partition coefficient (Wildman–Crippen LogP) is 19.4. The number of carbonyl (C=O) groups excluding carboxylic acids is 7. The lowest BCUT2D eigenvalue weighted by Crippen LogP contribution is -2.46. The van der Waals surface area contributed by atoms with Crippen molar-refractivity contribution in [2.45, 2.75) is 197 Å². The number of ether oxygens (including phenoxy) is 4. The van der Waals surface area contributed by atoms with E-state index in [-0.39, 0.29) is 97.2 Å². The molecule has 1 aliphatic heterocycles. The zero-order valence-electron chi connectivity index (χ0n) is 82.6. The lowest BCUT2D eigenvalue weighted by Gasteiger charge is -2.32. The number of hydrogen-bond acceptors (Lipinski definition) is 19. The number of aryl methyl sites for hydroxylation is 4. The summed E-state index contributed by atoms with van der Waals surface area (Å²) in [6.07, 6.45) is 0.380. The number of methoxy groups -OCH3 is 2. The molecule has 1 aliphatic rings. The number of aliphatic hydroxyl groups is 1. The number of carboxylic acids is 1. The number of nitriles is 1. The van der Waals surface area contributed by atoms with Crippen molar-refractivity contribution in [1.29, 1.82) is 5.26 Å². The SMILES string of the molecule is CC(C)(C)c1ccc(B(O)O)cc1.CO.COC(=O)c1ccc(-c2ccc(C(C)(C)C)cc2)cc1C.COC(=O)c1ccc(Br)cc1C.Cc1cc(-c2ccc(C(C)(C)C)cc2)ccc1C(=O)C[C@@H](CCCN)C(=O)N(C)[C@@H]1C(=O)C[C@@H](C)C(=O)N[C@H](C(=O)C[C@H](C)C#N)Cc2ccc(OCCN)c(c2)-c2cc1ccc2OCCN.Cc1cc(-c2ccc(C(C)(C)C)cc2)ccc1C(=O)O. The van der Waals surface area contributed by atoms with Gasteiger partial charge >= 0.3 is 25.0 Å². The molecule has 11 rings (SSSR count). The first kappa shape index (κ1) is 112. The number of aliphatic hydroxyl groups excluding tert-OH is 1. The van der Waals surface area contributed by atoms with Crippen LogP contribution in [0.5, 0.6) is 11.5 Å². The highest BCUT2D eigenvalue weighted by atomic mass is 79.9. The highest BCUT2D eigenvalue weighted by molar-refractivity contribution is 9.10. The Balaban J connectivity index is 0.000000326. The third kappa shape index (κ3) is 32.6. The van der Waals surface area contributed by atoms with Crippen LogP contribution in [0.15, 0.2) is 211 Å². The summed E-state index contributed by atoms with van der Waals surface area (Å²) in [6.45, 7) is 37.9. The van der Waals surface area contributed by atoms with Crippen molar-refractivity contribution in [2.75, 3.05) is 61.2 Å². The van der Waals surface area contributed by atoms with Crippen LogP contribution >= 0.6 is 15.9 Å². The van der Waals surface area contributed by atoms with E-state index in [0.717, 1.165) is 67.2 Å². The first-order chi connectivity index (χ1) is 63.6. The van der Waals surface area contributed by atoms with E-state index in [1.54, 1.807) is 75.5 Å². The van der Waals surface area contributed by atoms with E-state index in [4.69, 9.17) is 51.7 Å². The van der Waals surface area contributed by atoms with Gasteiger partial charge in [-0.25, -0.2) is 14.4 Å². The summed E-state index contributed by atoms with van der Waals surface area (Å²) < 4.78 is 22.7. The number of Topliss-reactive ketones (excluding diaryl/α,β-unsaturated/α-hetero) is 3. The zero-order valence-corrected chi connectivity index (χ0v) is 84.2. The largest absolute Gasteiger partial charge is 0.492 e. The molecule has 2 amide bonds. The second kappa shape index (κ2) is 51.6. The number of halogens is 1. The van der Waals surface area contributed by atoms with Gasteiger partial charge in [-0.1, -0.05) is 258 Å². The fourth-order valence-corrected chi connectivity index (χ4v) is 15.8. The third-order valence-electron chi connectivity index (χ3n) is 23.3. The van der Waals surface area contributed by atoms with Crippen molar-refractivity contribution in [2.24, 2.45) is 35.0 Å². The normalized spacial score (nSPS) is 14.0.